The molecule has 0 bridgehead atoms. The van der Waals surface area contributed by atoms with Gasteiger partial charge in [0, 0.05) is 32.0 Å². The van der Waals surface area contributed by atoms with Crippen molar-refractivity contribution in [3.8, 4) is 0 Å². The maximum atomic E-state index is 11.1. The van der Waals surface area contributed by atoms with Gasteiger partial charge in [-0.15, -0.1) is 0 Å². The van der Waals surface area contributed by atoms with E-state index in [0.29, 0.717) is 17.8 Å². The van der Waals surface area contributed by atoms with Crippen LogP contribution in [0.25, 0.3) is 0 Å². The third kappa shape index (κ3) is 2.60. The van der Waals surface area contributed by atoms with Crippen LogP contribution >= 0.6 is 0 Å². The van der Waals surface area contributed by atoms with Gasteiger partial charge in [-0.1, -0.05) is 0 Å². The molecule has 108 valence electrons. The fourth-order valence-electron chi connectivity index (χ4n) is 3.23. The molecule has 3 rings (SSSR count). The van der Waals surface area contributed by atoms with Gasteiger partial charge in [-0.3, -0.25) is 10.1 Å². The van der Waals surface area contributed by atoms with Gasteiger partial charge in [0.05, 0.1) is 11.0 Å². The zero-order valence-electron chi connectivity index (χ0n) is 11.4. The number of nitro groups is 1. The Labute approximate surface area is 117 Å². The van der Waals surface area contributed by atoms with Crippen LogP contribution in [0.15, 0.2) is 18.3 Å². The van der Waals surface area contributed by atoms with Crippen LogP contribution in [0.5, 0.6) is 0 Å². The van der Waals surface area contributed by atoms with Crippen molar-refractivity contribution in [1.82, 2.24) is 4.98 Å². The molecule has 0 N–H and O–H groups in total. The van der Waals surface area contributed by atoms with E-state index in [1.54, 1.807) is 12.3 Å². The van der Waals surface area contributed by atoms with Gasteiger partial charge in [0.2, 0.25) is 5.82 Å². The lowest BCUT2D eigenvalue weighted by molar-refractivity contribution is -0.384. The molecule has 1 unspecified atom stereocenters. The number of nitrogens with zero attached hydrogens (tertiary/aromatic N) is 3. The molecule has 0 aromatic carbocycles. The van der Waals surface area contributed by atoms with Crippen LogP contribution in [0.4, 0.5) is 11.5 Å². The fourth-order valence-corrected chi connectivity index (χ4v) is 3.23. The maximum Gasteiger partial charge on any atom is 0.311 e. The van der Waals surface area contributed by atoms with E-state index in [4.69, 9.17) is 4.74 Å². The summed E-state index contributed by atoms with van der Waals surface area (Å²) in [6.45, 7) is 2.53. The van der Waals surface area contributed by atoms with Crippen LogP contribution in [0.3, 0.4) is 0 Å². The molecule has 1 atom stereocenters. The van der Waals surface area contributed by atoms with Gasteiger partial charge >= 0.3 is 5.69 Å². The molecular weight excluding hydrogens is 258 g/mol. The number of piperidine rings is 1. The third-order valence-corrected chi connectivity index (χ3v) is 4.29. The summed E-state index contributed by atoms with van der Waals surface area (Å²) in [5.41, 5.74) is 0.100. The Balaban J connectivity index is 1.67. The van der Waals surface area contributed by atoms with E-state index >= 15 is 0 Å². The summed E-state index contributed by atoms with van der Waals surface area (Å²) in [5.74, 6) is 1.10. The van der Waals surface area contributed by atoms with E-state index in [9.17, 15) is 10.1 Å². The lowest BCUT2D eigenvalue weighted by Crippen LogP contribution is -2.38. The second-order valence-electron chi connectivity index (χ2n) is 5.48. The van der Waals surface area contributed by atoms with Crippen LogP contribution in [-0.4, -0.2) is 35.7 Å². The van der Waals surface area contributed by atoms with Crippen LogP contribution in [0.1, 0.15) is 25.7 Å². The first-order valence-electron chi connectivity index (χ1n) is 7.21. The number of hydrogen-bond acceptors (Lipinski definition) is 5. The largest absolute Gasteiger partial charge is 0.378 e. The van der Waals surface area contributed by atoms with Crippen molar-refractivity contribution in [2.24, 2.45) is 5.92 Å². The van der Waals surface area contributed by atoms with Crippen LogP contribution in [0.2, 0.25) is 0 Å². The molecule has 2 fully saturated rings. The highest BCUT2D eigenvalue weighted by Crippen LogP contribution is 2.33. The minimum atomic E-state index is -0.353. The van der Waals surface area contributed by atoms with Gasteiger partial charge in [-0.25, -0.2) is 4.98 Å². The van der Waals surface area contributed by atoms with Crippen LogP contribution in [0, 0.1) is 16.0 Å². The molecule has 6 nitrogen and oxygen atoms in total. The standard InChI is InChI=1S/C14H19N3O3/c18-17(19)12-3-1-7-15-14(12)16-8-5-11(6-9-16)13-4-2-10-20-13/h1,3,7,11,13H,2,4-6,8-10H2. The number of anilines is 1. The molecule has 2 aliphatic rings. The Morgan fingerprint density at radius 3 is 2.80 bits per heavy atom. The summed E-state index contributed by atoms with van der Waals surface area (Å²) in [7, 11) is 0. The quantitative estimate of drug-likeness (QED) is 0.626. The van der Waals surface area contributed by atoms with E-state index in [0.717, 1.165) is 45.4 Å². The first-order valence-corrected chi connectivity index (χ1v) is 7.21. The molecule has 20 heavy (non-hydrogen) atoms. The van der Waals surface area contributed by atoms with Crippen molar-refractivity contribution in [1.29, 1.82) is 0 Å². The normalized spacial score (nSPS) is 24.0. The molecule has 2 aliphatic heterocycles. The molecule has 0 spiro atoms. The zero-order chi connectivity index (χ0) is 13.9. The number of ether oxygens (including phenoxy) is 1. The number of aromatic nitrogens is 1. The predicted octanol–water partition coefficient (Wildman–Crippen LogP) is 2.39. The smallest absolute Gasteiger partial charge is 0.311 e. The van der Waals surface area contributed by atoms with Crippen molar-refractivity contribution in [2.45, 2.75) is 31.8 Å². The minimum Gasteiger partial charge on any atom is -0.378 e. The lowest BCUT2D eigenvalue weighted by Gasteiger charge is -2.34. The first kappa shape index (κ1) is 13.3. The molecule has 1 aromatic rings. The van der Waals surface area contributed by atoms with Gasteiger partial charge in [0.15, 0.2) is 0 Å². The van der Waals surface area contributed by atoms with E-state index in [1.807, 2.05) is 4.90 Å². The third-order valence-electron chi connectivity index (χ3n) is 4.29. The fraction of sp³-hybridized carbons (Fsp3) is 0.643. The summed E-state index contributed by atoms with van der Waals surface area (Å²) in [6, 6.07) is 3.13. The van der Waals surface area contributed by atoms with Crippen LogP contribution in [-0.2, 0) is 4.74 Å². The maximum absolute atomic E-state index is 11.1. The van der Waals surface area contributed by atoms with Crippen molar-refractivity contribution in [3.05, 3.63) is 28.4 Å². The Bertz CT molecular complexity index is 480. The molecule has 3 heterocycles. The van der Waals surface area contributed by atoms with Crippen molar-refractivity contribution in [2.75, 3.05) is 24.6 Å². The van der Waals surface area contributed by atoms with Gasteiger partial charge in [0.1, 0.15) is 0 Å². The van der Waals surface area contributed by atoms with Gasteiger partial charge in [-0.05, 0) is 37.7 Å². The molecule has 0 amide bonds. The molecular formula is C14H19N3O3. The number of rotatable bonds is 3. The van der Waals surface area contributed by atoms with Gasteiger partial charge in [0.25, 0.3) is 0 Å². The minimum absolute atomic E-state index is 0.100. The van der Waals surface area contributed by atoms with Gasteiger partial charge in [-0.2, -0.15) is 0 Å². The number of hydrogen-bond donors (Lipinski definition) is 0. The topological polar surface area (TPSA) is 68.5 Å². The van der Waals surface area contributed by atoms with Crippen molar-refractivity contribution in [3.63, 3.8) is 0 Å². The van der Waals surface area contributed by atoms with Crippen LogP contribution < -0.4 is 4.90 Å². The highest BCUT2D eigenvalue weighted by molar-refractivity contribution is 5.57. The predicted molar refractivity (Wildman–Crippen MR) is 74.8 cm³/mol. The molecule has 0 saturated carbocycles. The second-order valence-corrected chi connectivity index (χ2v) is 5.48. The Morgan fingerprint density at radius 1 is 1.35 bits per heavy atom. The van der Waals surface area contributed by atoms with Crippen molar-refractivity contribution >= 4 is 11.5 Å². The molecule has 0 radical (unpaired) electrons. The molecule has 0 aliphatic carbocycles. The lowest BCUT2D eigenvalue weighted by atomic mass is 9.90. The summed E-state index contributed by atoms with van der Waals surface area (Å²) in [4.78, 5) is 16.9. The average molecular weight is 277 g/mol. The average Bonchev–Trinajstić information content (AvgIpc) is 3.02. The molecule has 2 saturated heterocycles. The highest BCUT2D eigenvalue weighted by Gasteiger charge is 2.31. The first-order chi connectivity index (χ1) is 9.75. The van der Waals surface area contributed by atoms with E-state index in [-0.39, 0.29) is 10.6 Å². The molecule has 1 aromatic heterocycles. The summed E-state index contributed by atoms with van der Waals surface area (Å²) in [6.07, 6.45) is 6.40. The summed E-state index contributed by atoms with van der Waals surface area (Å²) in [5, 5.41) is 11.1. The Kier molecular flexibility index (Phi) is 3.82. The Morgan fingerprint density at radius 2 is 2.15 bits per heavy atom. The highest BCUT2D eigenvalue weighted by atomic mass is 16.6. The van der Waals surface area contributed by atoms with E-state index in [1.165, 1.54) is 6.07 Å². The monoisotopic (exact) mass is 277 g/mol. The SMILES string of the molecule is O=[N+]([O-])c1cccnc1N1CCC(C2CCCO2)CC1. The number of pyridine rings is 1. The van der Waals surface area contributed by atoms with Crippen molar-refractivity contribution < 1.29 is 9.66 Å². The summed E-state index contributed by atoms with van der Waals surface area (Å²) < 4.78 is 5.75. The summed E-state index contributed by atoms with van der Waals surface area (Å²) >= 11 is 0. The van der Waals surface area contributed by atoms with Gasteiger partial charge < -0.3 is 9.64 Å². The zero-order valence-corrected chi connectivity index (χ0v) is 11.4. The van der Waals surface area contributed by atoms with E-state index in [2.05, 4.69) is 4.98 Å². The Hall–Kier alpha value is -1.69. The van der Waals surface area contributed by atoms with E-state index < -0.39 is 0 Å². The molecule has 6 heteroatoms. The second kappa shape index (κ2) is 5.75.